The lowest BCUT2D eigenvalue weighted by molar-refractivity contribution is -0.116. The number of carbonyl (C=O) groups excluding carboxylic acids is 2. The molecule has 0 N–H and O–H groups in total. The van der Waals surface area contributed by atoms with Crippen LogP contribution in [-0.4, -0.2) is 29.5 Å². The van der Waals surface area contributed by atoms with Crippen LogP contribution in [0.3, 0.4) is 0 Å². The fourth-order valence-electron chi connectivity index (χ4n) is 1.93. The maximum Gasteiger partial charge on any atom is 0.359 e. The molecule has 19 heavy (non-hydrogen) atoms. The molecule has 0 spiro atoms. The maximum atomic E-state index is 11.9. The predicted molar refractivity (Wildman–Crippen MR) is 71.4 cm³/mol. The van der Waals surface area contributed by atoms with E-state index >= 15 is 0 Å². The summed E-state index contributed by atoms with van der Waals surface area (Å²) in [5.41, 5.74) is 0.564. The van der Waals surface area contributed by atoms with Gasteiger partial charge in [-0.05, 0) is 31.9 Å². The second kappa shape index (κ2) is 5.57. The summed E-state index contributed by atoms with van der Waals surface area (Å²) in [7, 11) is 0. The highest BCUT2D eigenvalue weighted by Crippen LogP contribution is 2.34. The third-order valence-electron chi connectivity index (χ3n) is 2.82. The minimum Gasteiger partial charge on any atom is -0.461 e. The Kier molecular flexibility index (Phi) is 4.04. The molecule has 6 heteroatoms. The number of hydrogen-bond acceptors (Lipinski definition) is 4. The Balaban J connectivity index is 2.43. The topological polar surface area (TPSA) is 59.5 Å². The van der Waals surface area contributed by atoms with E-state index in [0.717, 1.165) is 12.8 Å². The molecular weight excluding hydrogens is 268 g/mol. The van der Waals surface area contributed by atoms with E-state index in [2.05, 4.69) is 4.98 Å². The number of carbonyl (C=O) groups is 2. The lowest BCUT2D eigenvalue weighted by Crippen LogP contribution is -2.32. The van der Waals surface area contributed by atoms with Crippen molar-refractivity contribution in [3.05, 3.63) is 23.0 Å². The summed E-state index contributed by atoms with van der Waals surface area (Å²) in [5, 5.41) is 0.200. The van der Waals surface area contributed by atoms with Gasteiger partial charge in [0, 0.05) is 13.0 Å². The van der Waals surface area contributed by atoms with Gasteiger partial charge in [-0.3, -0.25) is 4.79 Å². The van der Waals surface area contributed by atoms with E-state index in [-0.39, 0.29) is 29.4 Å². The summed E-state index contributed by atoms with van der Waals surface area (Å²) in [6.45, 7) is 3.43. The molecule has 1 aliphatic carbocycles. The van der Waals surface area contributed by atoms with E-state index < -0.39 is 5.97 Å². The van der Waals surface area contributed by atoms with Gasteiger partial charge >= 0.3 is 5.97 Å². The van der Waals surface area contributed by atoms with Gasteiger partial charge in [0.05, 0.1) is 12.3 Å². The molecule has 0 saturated heterocycles. The quantitative estimate of drug-likeness (QED) is 0.629. The summed E-state index contributed by atoms with van der Waals surface area (Å²) in [6.07, 6.45) is 1.87. The van der Waals surface area contributed by atoms with E-state index in [0.29, 0.717) is 5.69 Å². The highest BCUT2D eigenvalue weighted by Gasteiger charge is 2.35. The van der Waals surface area contributed by atoms with Crippen molar-refractivity contribution >= 4 is 29.2 Å². The zero-order chi connectivity index (χ0) is 14.0. The van der Waals surface area contributed by atoms with Crippen molar-refractivity contribution in [3.63, 3.8) is 0 Å². The normalized spacial score (nSPS) is 14.1. The molecule has 0 atom stereocenters. The van der Waals surface area contributed by atoms with Crippen molar-refractivity contribution in [3.8, 4) is 0 Å². The average Bonchev–Trinajstić information content (AvgIpc) is 3.15. The Morgan fingerprint density at radius 1 is 1.47 bits per heavy atom. The standard InChI is InChI=1S/C13H15ClN2O3/c1-3-19-13(18)12-10(6-7-11(14)15-12)16(8(2)17)9-4-5-9/h6-7,9H,3-5H2,1-2H3. The first kappa shape index (κ1) is 13.8. The number of amides is 1. The summed E-state index contributed by atoms with van der Waals surface area (Å²) >= 11 is 5.82. The van der Waals surface area contributed by atoms with Gasteiger partial charge in [0.2, 0.25) is 5.91 Å². The number of halogens is 1. The van der Waals surface area contributed by atoms with E-state index in [4.69, 9.17) is 16.3 Å². The first-order valence-electron chi connectivity index (χ1n) is 6.18. The molecule has 1 saturated carbocycles. The minimum absolute atomic E-state index is 0.0939. The van der Waals surface area contributed by atoms with Crippen LogP contribution in [0.2, 0.25) is 5.15 Å². The summed E-state index contributed by atoms with van der Waals surface area (Å²) in [6, 6.07) is 3.35. The number of pyridine rings is 1. The van der Waals surface area contributed by atoms with Gasteiger partial charge in [-0.1, -0.05) is 11.6 Å². The molecule has 102 valence electrons. The van der Waals surface area contributed by atoms with Gasteiger partial charge in [-0.25, -0.2) is 9.78 Å². The van der Waals surface area contributed by atoms with E-state index in [1.807, 2.05) is 0 Å². The third kappa shape index (κ3) is 3.04. The molecule has 1 aromatic rings. The number of esters is 1. The Hall–Kier alpha value is -1.62. The zero-order valence-electron chi connectivity index (χ0n) is 10.9. The number of hydrogen-bond donors (Lipinski definition) is 0. The maximum absolute atomic E-state index is 11.9. The molecule has 0 aromatic carbocycles. The van der Waals surface area contributed by atoms with Crippen LogP contribution in [0.25, 0.3) is 0 Å². The lowest BCUT2D eigenvalue weighted by atomic mass is 10.2. The molecule has 0 unspecified atom stereocenters. The number of aromatic nitrogens is 1. The van der Waals surface area contributed by atoms with Crippen LogP contribution in [-0.2, 0) is 9.53 Å². The summed E-state index contributed by atoms with van der Waals surface area (Å²) in [4.78, 5) is 29.3. The van der Waals surface area contributed by atoms with E-state index in [1.165, 1.54) is 6.92 Å². The van der Waals surface area contributed by atoms with Crippen molar-refractivity contribution in [1.82, 2.24) is 4.98 Å². The number of rotatable bonds is 4. The molecule has 0 radical (unpaired) electrons. The second-order valence-corrected chi connectivity index (χ2v) is 4.73. The monoisotopic (exact) mass is 282 g/mol. The van der Waals surface area contributed by atoms with Crippen LogP contribution in [0.15, 0.2) is 12.1 Å². The number of nitrogens with zero attached hydrogens (tertiary/aromatic N) is 2. The predicted octanol–water partition coefficient (Wildman–Crippen LogP) is 2.43. The SMILES string of the molecule is CCOC(=O)c1nc(Cl)ccc1N(C(C)=O)C1CC1. The second-order valence-electron chi connectivity index (χ2n) is 4.34. The minimum atomic E-state index is -0.563. The van der Waals surface area contributed by atoms with Gasteiger partial charge in [-0.15, -0.1) is 0 Å². The fraction of sp³-hybridized carbons (Fsp3) is 0.462. The van der Waals surface area contributed by atoms with Gasteiger partial charge in [0.1, 0.15) is 5.15 Å². The Morgan fingerprint density at radius 3 is 2.68 bits per heavy atom. The molecule has 1 fully saturated rings. The van der Waals surface area contributed by atoms with Crippen LogP contribution in [0.1, 0.15) is 37.2 Å². The smallest absolute Gasteiger partial charge is 0.359 e. The van der Waals surface area contributed by atoms with Gasteiger partial charge < -0.3 is 9.64 Å². The van der Waals surface area contributed by atoms with Crippen LogP contribution < -0.4 is 4.90 Å². The molecule has 1 aliphatic rings. The van der Waals surface area contributed by atoms with Gasteiger partial charge in [-0.2, -0.15) is 0 Å². The first-order chi connectivity index (χ1) is 9.04. The van der Waals surface area contributed by atoms with Crippen molar-refractivity contribution in [1.29, 1.82) is 0 Å². The highest BCUT2D eigenvalue weighted by atomic mass is 35.5. The molecule has 0 aliphatic heterocycles. The van der Waals surface area contributed by atoms with Crippen molar-refractivity contribution in [2.24, 2.45) is 0 Å². The molecule has 2 rings (SSSR count). The first-order valence-corrected chi connectivity index (χ1v) is 6.55. The van der Waals surface area contributed by atoms with Gasteiger partial charge in [0.15, 0.2) is 5.69 Å². The molecule has 1 heterocycles. The van der Waals surface area contributed by atoms with Crippen LogP contribution >= 0.6 is 11.6 Å². The van der Waals surface area contributed by atoms with Crippen LogP contribution in [0.5, 0.6) is 0 Å². The molecule has 5 nitrogen and oxygen atoms in total. The third-order valence-corrected chi connectivity index (χ3v) is 3.03. The van der Waals surface area contributed by atoms with Crippen LogP contribution in [0.4, 0.5) is 5.69 Å². The van der Waals surface area contributed by atoms with E-state index in [1.54, 1.807) is 24.0 Å². The zero-order valence-corrected chi connectivity index (χ0v) is 11.6. The summed E-state index contributed by atoms with van der Waals surface area (Å²) < 4.78 is 4.96. The molecule has 1 amide bonds. The van der Waals surface area contributed by atoms with E-state index in [9.17, 15) is 9.59 Å². The largest absolute Gasteiger partial charge is 0.461 e. The lowest BCUT2D eigenvalue weighted by Gasteiger charge is -2.22. The molecule has 1 aromatic heterocycles. The van der Waals surface area contributed by atoms with Crippen molar-refractivity contribution in [2.45, 2.75) is 32.7 Å². The number of ether oxygens (including phenoxy) is 1. The van der Waals surface area contributed by atoms with Crippen molar-refractivity contribution < 1.29 is 14.3 Å². The summed E-state index contributed by atoms with van der Waals surface area (Å²) in [5.74, 6) is -0.677. The average molecular weight is 283 g/mol. The Labute approximate surface area is 116 Å². The van der Waals surface area contributed by atoms with Crippen LogP contribution in [0, 0.1) is 0 Å². The van der Waals surface area contributed by atoms with Crippen molar-refractivity contribution in [2.75, 3.05) is 11.5 Å². The Bertz CT molecular complexity index is 515. The molecule has 0 bridgehead atoms. The number of anilines is 1. The Morgan fingerprint density at radius 2 is 2.16 bits per heavy atom. The molecular formula is C13H15ClN2O3. The fourth-order valence-corrected chi connectivity index (χ4v) is 2.08. The van der Waals surface area contributed by atoms with Gasteiger partial charge in [0.25, 0.3) is 0 Å². The highest BCUT2D eigenvalue weighted by molar-refractivity contribution is 6.29.